The van der Waals surface area contributed by atoms with Gasteiger partial charge in [-0.2, -0.15) is 21.6 Å². The monoisotopic (exact) mass is 401 g/mol. The summed E-state index contributed by atoms with van der Waals surface area (Å²) < 4.78 is 75.4. The molecule has 0 bridgehead atoms. The van der Waals surface area contributed by atoms with Crippen molar-refractivity contribution < 1.29 is 39.7 Å². The van der Waals surface area contributed by atoms with E-state index in [1.54, 1.807) is 0 Å². The molecule has 25 heavy (non-hydrogen) atoms. The van der Waals surface area contributed by atoms with Gasteiger partial charge in [0.15, 0.2) is 0 Å². The van der Waals surface area contributed by atoms with Crippen LogP contribution in [0.2, 0.25) is 6.04 Å². The fraction of sp³-hybridized carbons (Fsp3) is 0.462. The van der Waals surface area contributed by atoms with Crippen LogP contribution in [-0.2, 0) is 29.7 Å². The molecular weight excluding hydrogens is 383 g/mol. The Morgan fingerprint density at radius 3 is 1.96 bits per heavy atom. The quantitative estimate of drug-likeness (QED) is 0.667. The Hall–Kier alpha value is -1.47. The number of hydrogen-bond acceptors (Lipinski definition) is 6. The fourth-order valence-electron chi connectivity index (χ4n) is 1.92. The van der Waals surface area contributed by atoms with E-state index in [9.17, 15) is 26.4 Å². The van der Waals surface area contributed by atoms with Crippen LogP contribution in [0.3, 0.4) is 0 Å². The van der Waals surface area contributed by atoms with Crippen molar-refractivity contribution in [3.05, 3.63) is 35.4 Å². The summed E-state index contributed by atoms with van der Waals surface area (Å²) in [7, 11) is -4.11. The van der Waals surface area contributed by atoms with Gasteiger partial charge in [-0.3, -0.25) is 4.79 Å². The molecule has 1 N–H and O–H groups in total. The molecule has 0 fully saturated rings. The average molecular weight is 401 g/mol. The minimum absolute atomic E-state index is 0.217. The molecule has 0 heterocycles. The third-order valence-corrected chi connectivity index (χ3v) is 7.19. The molecule has 0 saturated carbocycles. The third kappa shape index (κ3) is 5.50. The van der Waals surface area contributed by atoms with Crippen LogP contribution in [0.25, 0.3) is 0 Å². The number of carbonyl (C=O) groups excluding carboxylic acids is 1. The zero-order valence-electron chi connectivity index (χ0n) is 13.7. The van der Waals surface area contributed by atoms with E-state index in [2.05, 4.69) is 0 Å². The summed E-state index contributed by atoms with van der Waals surface area (Å²) in [6.45, 7) is 0. The van der Waals surface area contributed by atoms with E-state index in [0.717, 1.165) is 10.3 Å². The molecule has 0 unspecified atom stereocenters. The Morgan fingerprint density at radius 2 is 1.56 bits per heavy atom. The molecular formula is C13H18F3NO6SSi. The second-order valence-electron chi connectivity index (χ2n) is 4.87. The molecule has 0 aliphatic heterocycles. The highest BCUT2D eigenvalue weighted by molar-refractivity contribution is 7.90. The molecule has 0 atom stereocenters. The maximum absolute atomic E-state index is 12.3. The molecule has 0 aliphatic carbocycles. The molecule has 0 aromatic heterocycles. The van der Waals surface area contributed by atoms with Gasteiger partial charge < -0.3 is 13.3 Å². The largest absolute Gasteiger partial charge is 0.516 e. The van der Waals surface area contributed by atoms with Crippen molar-refractivity contribution in [1.29, 1.82) is 0 Å². The summed E-state index contributed by atoms with van der Waals surface area (Å²) in [6.07, 6.45) is 0.477. The number of carbonyl (C=O) groups is 1. The molecule has 7 nitrogen and oxygen atoms in total. The van der Waals surface area contributed by atoms with Crippen LogP contribution in [0, 0.1) is 0 Å². The lowest BCUT2D eigenvalue weighted by atomic mass is 10.1. The first-order valence-electron chi connectivity index (χ1n) is 6.88. The van der Waals surface area contributed by atoms with Gasteiger partial charge >= 0.3 is 24.3 Å². The second kappa shape index (κ2) is 8.27. The molecule has 1 aromatic rings. The van der Waals surface area contributed by atoms with Crippen LogP contribution in [0.5, 0.6) is 0 Å². The summed E-state index contributed by atoms with van der Waals surface area (Å²) in [5, 5.41) is 0. The normalized spacial score (nSPS) is 12.9. The third-order valence-electron chi connectivity index (χ3n) is 3.40. The molecule has 142 valence electrons. The Kier molecular flexibility index (Phi) is 7.14. The lowest BCUT2D eigenvalue weighted by molar-refractivity contribution is -0.0446. The highest BCUT2D eigenvalue weighted by atomic mass is 32.2. The van der Waals surface area contributed by atoms with E-state index in [1.807, 2.05) is 0 Å². The Labute approximate surface area is 144 Å². The lowest BCUT2D eigenvalue weighted by Crippen LogP contribution is -2.43. The van der Waals surface area contributed by atoms with Gasteiger partial charge in [0.25, 0.3) is 5.91 Å². The van der Waals surface area contributed by atoms with Crippen molar-refractivity contribution >= 4 is 24.7 Å². The number of halogens is 3. The number of nitrogens with one attached hydrogen (secondary N) is 1. The van der Waals surface area contributed by atoms with Gasteiger partial charge in [-0.25, -0.2) is 4.72 Å². The lowest BCUT2D eigenvalue weighted by Gasteiger charge is -2.24. The highest BCUT2D eigenvalue weighted by Gasteiger charge is 2.47. The smallest absolute Gasteiger partial charge is 0.377 e. The zero-order valence-corrected chi connectivity index (χ0v) is 15.5. The Morgan fingerprint density at radius 1 is 1.08 bits per heavy atom. The minimum Gasteiger partial charge on any atom is -0.377 e. The first-order chi connectivity index (χ1) is 11.5. The fourth-order valence-corrected chi connectivity index (χ4v) is 4.10. The molecule has 1 aromatic carbocycles. The average Bonchev–Trinajstić information content (AvgIpc) is 2.55. The van der Waals surface area contributed by atoms with Crippen molar-refractivity contribution in [2.24, 2.45) is 0 Å². The van der Waals surface area contributed by atoms with Crippen LogP contribution in [0.15, 0.2) is 24.3 Å². The summed E-state index contributed by atoms with van der Waals surface area (Å²) >= 11 is 0. The van der Waals surface area contributed by atoms with Gasteiger partial charge in [0.05, 0.1) is 0 Å². The molecule has 0 radical (unpaired) electrons. The molecule has 1 amide bonds. The van der Waals surface area contributed by atoms with Crippen molar-refractivity contribution in [2.75, 3.05) is 21.3 Å². The van der Waals surface area contributed by atoms with E-state index in [1.165, 1.54) is 45.6 Å². The number of benzene rings is 1. The molecule has 0 saturated heterocycles. The van der Waals surface area contributed by atoms with Gasteiger partial charge in [0.1, 0.15) is 0 Å². The van der Waals surface area contributed by atoms with E-state index < -0.39 is 30.2 Å². The van der Waals surface area contributed by atoms with Crippen LogP contribution >= 0.6 is 0 Å². The van der Waals surface area contributed by atoms with Crippen LogP contribution < -0.4 is 4.72 Å². The van der Waals surface area contributed by atoms with Gasteiger partial charge in [-0.1, -0.05) is 12.1 Å². The summed E-state index contributed by atoms with van der Waals surface area (Å²) in [6, 6.07) is 5.90. The first-order valence-corrected chi connectivity index (χ1v) is 10.3. The van der Waals surface area contributed by atoms with Gasteiger partial charge in [0, 0.05) is 32.9 Å². The highest BCUT2D eigenvalue weighted by Crippen LogP contribution is 2.22. The number of hydrogen-bond donors (Lipinski definition) is 1. The Balaban J connectivity index is 2.78. The maximum atomic E-state index is 12.3. The van der Waals surface area contributed by atoms with Crippen LogP contribution in [-0.4, -0.2) is 50.0 Å². The summed E-state index contributed by atoms with van der Waals surface area (Å²) in [5.41, 5.74) is -5.03. The van der Waals surface area contributed by atoms with Crippen molar-refractivity contribution in [3.63, 3.8) is 0 Å². The van der Waals surface area contributed by atoms with E-state index >= 15 is 0 Å². The number of aryl methyl sites for hydroxylation is 1. The zero-order chi connectivity index (χ0) is 19.3. The molecule has 0 spiro atoms. The number of rotatable bonds is 8. The number of amides is 1. The summed E-state index contributed by atoms with van der Waals surface area (Å²) in [5.74, 6) is -1.36. The van der Waals surface area contributed by atoms with E-state index in [0.29, 0.717) is 12.5 Å². The first kappa shape index (κ1) is 21.6. The van der Waals surface area contributed by atoms with Gasteiger partial charge in [0.2, 0.25) is 0 Å². The van der Waals surface area contributed by atoms with Crippen LogP contribution in [0.1, 0.15) is 15.9 Å². The maximum Gasteiger partial charge on any atom is 0.516 e. The topological polar surface area (TPSA) is 90.9 Å². The van der Waals surface area contributed by atoms with Crippen molar-refractivity contribution in [2.45, 2.75) is 18.0 Å². The van der Waals surface area contributed by atoms with Crippen LogP contribution in [0.4, 0.5) is 13.2 Å². The molecule has 0 aliphatic rings. The van der Waals surface area contributed by atoms with E-state index in [-0.39, 0.29) is 5.56 Å². The predicted molar refractivity (Wildman–Crippen MR) is 84.2 cm³/mol. The number of sulfonamides is 1. The molecule has 12 heteroatoms. The Bertz CT molecular complexity index is 680. The number of alkyl halides is 3. The minimum atomic E-state index is -5.74. The molecule has 1 rings (SSSR count). The van der Waals surface area contributed by atoms with Crippen molar-refractivity contribution in [3.8, 4) is 0 Å². The van der Waals surface area contributed by atoms with Crippen molar-refractivity contribution in [1.82, 2.24) is 4.72 Å². The van der Waals surface area contributed by atoms with Gasteiger partial charge in [-0.05, 0) is 24.1 Å². The second-order valence-corrected chi connectivity index (χ2v) is 9.64. The standard InChI is InChI=1S/C13H18F3NO6SSi/c1-21-25(22-2,23-3)9-8-10-4-6-11(7-5-10)12(18)17-24(19,20)13(14,15)16/h4-7H,8-9H2,1-3H3,(H,17,18). The van der Waals surface area contributed by atoms with E-state index in [4.69, 9.17) is 13.3 Å². The van der Waals surface area contributed by atoms with Gasteiger partial charge in [-0.15, -0.1) is 0 Å². The SMILES string of the molecule is CO[Si](CCc1ccc(C(=O)NS(=O)(=O)C(F)(F)F)cc1)(OC)OC. The summed E-state index contributed by atoms with van der Waals surface area (Å²) in [4.78, 5) is 11.6. The predicted octanol–water partition coefficient (Wildman–Crippen LogP) is 1.69.